The van der Waals surface area contributed by atoms with Gasteiger partial charge in [-0.3, -0.25) is 9.59 Å². The molecule has 3 aromatic carbocycles. The normalized spacial score (nSPS) is 10.3. The topological polar surface area (TPSA) is 67.4 Å². The van der Waals surface area contributed by atoms with Crippen molar-refractivity contribution in [1.82, 2.24) is 5.32 Å². The maximum atomic E-state index is 12.6. The van der Waals surface area contributed by atoms with E-state index in [1.54, 1.807) is 24.3 Å². The second-order valence-electron chi connectivity index (χ2n) is 6.82. The van der Waals surface area contributed by atoms with E-state index in [4.69, 9.17) is 4.74 Å². The fourth-order valence-electron chi connectivity index (χ4n) is 2.95. The smallest absolute Gasteiger partial charge is 0.262 e. The van der Waals surface area contributed by atoms with Crippen molar-refractivity contribution in [2.24, 2.45) is 0 Å². The zero-order valence-electron chi connectivity index (χ0n) is 16.6. The predicted octanol–water partition coefficient (Wildman–Crippen LogP) is 4.25. The van der Waals surface area contributed by atoms with Crippen molar-refractivity contribution >= 4 is 17.5 Å². The van der Waals surface area contributed by atoms with E-state index in [1.807, 2.05) is 62.4 Å². The highest BCUT2D eigenvalue weighted by Crippen LogP contribution is 2.19. The van der Waals surface area contributed by atoms with Crippen LogP contribution in [0.4, 0.5) is 5.69 Å². The number of carbonyl (C=O) groups excluding carboxylic acids is 2. The third-order valence-corrected chi connectivity index (χ3v) is 4.43. The number of hydrogen-bond acceptors (Lipinski definition) is 3. The number of benzene rings is 3. The zero-order valence-corrected chi connectivity index (χ0v) is 16.6. The molecule has 0 saturated carbocycles. The van der Waals surface area contributed by atoms with Crippen LogP contribution >= 0.6 is 0 Å². The van der Waals surface area contributed by atoms with E-state index >= 15 is 0 Å². The lowest BCUT2D eigenvalue weighted by atomic mass is 10.1. The lowest BCUT2D eigenvalue weighted by Gasteiger charge is -2.13. The minimum absolute atomic E-state index is 0.135. The van der Waals surface area contributed by atoms with Crippen LogP contribution in [0.1, 0.15) is 27.0 Å². The second-order valence-corrected chi connectivity index (χ2v) is 6.82. The molecule has 3 rings (SSSR count). The Morgan fingerprint density at radius 1 is 0.897 bits per heavy atom. The van der Waals surface area contributed by atoms with Crippen LogP contribution in [0, 0.1) is 13.8 Å². The van der Waals surface area contributed by atoms with Gasteiger partial charge in [-0.25, -0.2) is 0 Å². The summed E-state index contributed by atoms with van der Waals surface area (Å²) in [7, 11) is 0. The first kappa shape index (κ1) is 20.1. The van der Waals surface area contributed by atoms with Gasteiger partial charge >= 0.3 is 0 Å². The first-order chi connectivity index (χ1) is 14.0. The minimum Gasteiger partial charge on any atom is -0.483 e. The number of nitrogens with one attached hydrogen (secondary N) is 2. The molecule has 0 spiro atoms. The number of hydrogen-bond donors (Lipinski definition) is 2. The second kappa shape index (κ2) is 9.55. The van der Waals surface area contributed by atoms with E-state index in [1.165, 1.54) is 0 Å². The maximum Gasteiger partial charge on any atom is 0.262 e. The highest BCUT2D eigenvalue weighted by Gasteiger charge is 2.13. The molecule has 2 amide bonds. The molecule has 5 heteroatoms. The van der Waals surface area contributed by atoms with Crippen molar-refractivity contribution in [2.45, 2.75) is 20.4 Å². The summed E-state index contributed by atoms with van der Waals surface area (Å²) in [6, 6.07) is 22.4. The van der Waals surface area contributed by atoms with Crippen LogP contribution in [0.2, 0.25) is 0 Å². The van der Waals surface area contributed by atoms with Crippen molar-refractivity contribution in [3.05, 3.63) is 95.1 Å². The van der Waals surface area contributed by atoms with E-state index < -0.39 is 0 Å². The quantitative estimate of drug-likeness (QED) is 0.636. The summed E-state index contributed by atoms with van der Waals surface area (Å²) in [5.74, 6) is 0.0907. The Morgan fingerprint density at radius 3 is 2.38 bits per heavy atom. The van der Waals surface area contributed by atoms with Crippen LogP contribution in [0.5, 0.6) is 5.75 Å². The van der Waals surface area contributed by atoms with Crippen LogP contribution in [0.15, 0.2) is 72.8 Å². The fraction of sp³-hybridized carbons (Fsp3) is 0.167. The molecule has 0 heterocycles. The van der Waals surface area contributed by atoms with Crippen molar-refractivity contribution in [3.8, 4) is 5.75 Å². The number of ether oxygens (including phenoxy) is 1. The fourth-order valence-corrected chi connectivity index (χ4v) is 2.95. The summed E-state index contributed by atoms with van der Waals surface area (Å²) >= 11 is 0. The average molecular weight is 388 g/mol. The minimum atomic E-state index is -0.326. The van der Waals surface area contributed by atoms with E-state index in [-0.39, 0.29) is 18.4 Å². The van der Waals surface area contributed by atoms with Gasteiger partial charge in [0.25, 0.3) is 11.8 Å². The number of anilines is 1. The van der Waals surface area contributed by atoms with Crippen LogP contribution < -0.4 is 15.4 Å². The SMILES string of the molecule is Cc1ccc(OCC(=O)Nc2ccccc2C(=O)NCc2ccccc2)c(C)c1. The third-order valence-electron chi connectivity index (χ3n) is 4.43. The summed E-state index contributed by atoms with van der Waals surface area (Å²) in [6.07, 6.45) is 0. The number of rotatable bonds is 7. The van der Waals surface area contributed by atoms with Gasteiger partial charge in [0.05, 0.1) is 11.3 Å². The molecule has 0 aromatic heterocycles. The van der Waals surface area contributed by atoms with Gasteiger partial charge in [-0.05, 0) is 43.2 Å². The number of amides is 2. The number of para-hydroxylation sites is 1. The van der Waals surface area contributed by atoms with Crippen LogP contribution in [0.3, 0.4) is 0 Å². The van der Waals surface area contributed by atoms with Crippen molar-refractivity contribution < 1.29 is 14.3 Å². The molecule has 3 aromatic rings. The number of carbonyl (C=O) groups is 2. The molecule has 29 heavy (non-hydrogen) atoms. The van der Waals surface area contributed by atoms with Gasteiger partial charge in [0, 0.05) is 6.54 Å². The van der Waals surface area contributed by atoms with Crippen molar-refractivity contribution in [2.75, 3.05) is 11.9 Å². The predicted molar refractivity (Wildman–Crippen MR) is 114 cm³/mol. The highest BCUT2D eigenvalue weighted by atomic mass is 16.5. The van der Waals surface area contributed by atoms with Gasteiger partial charge in [-0.15, -0.1) is 0 Å². The molecule has 0 fully saturated rings. The molecule has 0 bridgehead atoms. The van der Waals surface area contributed by atoms with Crippen molar-refractivity contribution in [3.63, 3.8) is 0 Å². The molecule has 148 valence electrons. The van der Waals surface area contributed by atoms with Gasteiger partial charge in [-0.2, -0.15) is 0 Å². The molecule has 0 atom stereocenters. The van der Waals surface area contributed by atoms with E-state index in [0.29, 0.717) is 23.5 Å². The standard InChI is InChI=1S/C24H24N2O3/c1-17-12-13-22(18(2)14-17)29-16-23(27)26-21-11-7-6-10-20(21)24(28)25-15-19-8-4-3-5-9-19/h3-14H,15-16H2,1-2H3,(H,25,28)(H,26,27). The van der Waals surface area contributed by atoms with E-state index in [0.717, 1.165) is 16.7 Å². The zero-order chi connectivity index (χ0) is 20.6. The Labute approximate surface area is 170 Å². The Balaban J connectivity index is 1.60. The highest BCUT2D eigenvalue weighted by molar-refractivity contribution is 6.04. The Morgan fingerprint density at radius 2 is 1.62 bits per heavy atom. The van der Waals surface area contributed by atoms with Gasteiger partial charge in [-0.1, -0.05) is 60.2 Å². The van der Waals surface area contributed by atoms with E-state index in [9.17, 15) is 9.59 Å². The Bertz CT molecular complexity index is 1000. The molecule has 0 aliphatic rings. The summed E-state index contributed by atoms with van der Waals surface area (Å²) in [6.45, 7) is 4.22. The lowest BCUT2D eigenvalue weighted by molar-refractivity contribution is -0.118. The lowest BCUT2D eigenvalue weighted by Crippen LogP contribution is -2.26. The van der Waals surface area contributed by atoms with E-state index in [2.05, 4.69) is 10.6 Å². The molecule has 0 aliphatic carbocycles. The molecule has 0 saturated heterocycles. The summed E-state index contributed by atoms with van der Waals surface area (Å²) < 4.78 is 5.62. The third kappa shape index (κ3) is 5.69. The van der Waals surface area contributed by atoms with Gasteiger partial charge in [0.1, 0.15) is 5.75 Å². The monoisotopic (exact) mass is 388 g/mol. The molecular weight excluding hydrogens is 364 g/mol. The summed E-state index contributed by atoms with van der Waals surface area (Å²) in [5.41, 5.74) is 3.97. The Hall–Kier alpha value is -3.60. The van der Waals surface area contributed by atoms with Crippen LogP contribution in [-0.2, 0) is 11.3 Å². The Kier molecular flexibility index (Phi) is 6.63. The molecular formula is C24H24N2O3. The summed E-state index contributed by atoms with van der Waals surface area (Å²) in [4.78, 5) is 24.9. The molecule has 0 aliphatic heterocycles. The maximum absolute atomic E-state index is 12.6. The largest absolute Gasteiger partial charge is 0.483 e. The van der Waals surface area contributed by atoms with Gasteiger partial charge < -0.3 is 15.4 Å². The first-order valence-electron chi connectivity index (χ1n) is 9.44. The molecule has 0 radical (unpaired) electrons. The first-order valence-corrected chi connectivity index (χ1v) is 9.44. The molecule has 0 unspecified atom stereocenters. The molecule has 5 nitrogen and oxygen atoms in total. The average Bonchev–Trinajstić information content (AvgIpc) is 2.72. The van der Waals surface area contributed by atoms with Crippen LogP contribution in [-0.4, -0.2) is 18.4 Å². The van der Waals surface area contributed by atoms with Gasteiger partial charge in [0.2, 0.25) is 0 Å². The molecule has 2 N–H and O–H groups in total. The van der Waals surface area contributed by atoms with Gasteiger partial charge in [0.15, 0.2) is 6.61 Å². The summed E-state index contributed by atoms with van der Waals surface area (Å²) in [5, 5.41) is 5.64. The number of aryl methyl sites for hydroxylation is 2. The van der Waals surface area contributed by atoms with Crippen LogP contribution in [0.25, 0.3) is 0 Å². The van der Waals surface area contributed by atoms with Crippen molar-refractivity contribution in [1.29, 1.82) is 0 Å².